The smallest absolute Gasteiger partial charge is 0.326 e. The minimum absolute atomic E-state index is 0.114. The van der Waals surface area contributed by atoms with Gasteiger partial charge in [0.05, 0.1) is 6.54 Å². The Morgan fingerprint density at radius 1 is 1.04 bits per heavy atom. The molecular formula is C13H23N5O6S. The van der Waals surface area contributed by atoms with E-state index in [2.05, 4.69) is 28.6 Å². The number of carbonyl (C=O) groups is 5. The van der Waals surface area contributed by atoms with Crippen LogP contribution in [0.5, 0.6) is 0 Å². The molecule has 0 spiro atoms. The van der Waals surface area contributed by atoms with Crippen molar-refractivity contribution in [2.24, 2.45) is 11.5 Å². The van der Waals surface area contributed by atoms with Crippen LogP contribution >= 0.6 is 12.6 Å². The summed E-state index contributed by atoms with van der Waals surface area (Å²) in [6.07, 6.45) is -0.413. The van der Waals surface area contributed by atoms with Gasteiger partial charge in [-0.05, 0) is 13.3 Å². The van der Waals surface area contributed by atoms with Crippen molar-refractivity contribution in [1.82, 2.24) is 16.0 Å². The summed E-state index contributed by atoms with van der Waals surface area (Å²) in [7, 11) is 0. The van der Waals surface area contributed by atoms with Crippen molar-refractivity contribution in [2.75, 3.05) is 12.3 Å². The van der Waals surface area contributed by atoms with Gasteiger partial charge in [-0.3, -0.25) is 19.2 Å². The van der Waals surface area contributed by atoms with Gasteiger partial charge in [0, 0.05) is 12.2 Å². The molecule has 0 radical (unpaired) electrons. The monoisotopic (exact) mass is 377 g/mol. The lowest BCUT2D eigenvalue weighted by Crippen LogP contribution is -2.56. The van der Waals surface area contributed by atoms with E-state index < -0.39 is 47.7 Å². The summed E-state index contributed by atoms with van der Waals surface area (Å²) in [6.45, 7) is 1.09. The second kappa shape index (κ2) is 11.3. The molecule has 12 heteroatoms. The highest BCUT2D eigenvalue weighted by molar-refractivity contribution is 7.80. The average molecular weight is 377 g/mol. The molecule has 0 aliphatic heterocycles. The molecular weight excluding hydrogens is 354 g/mol. The third kappa shape index (κ3) is 8.91. The van der Waals surface area contributed by atoms with Gasteiger partial charge >= 0.3 is 5.97 Å². The first-order valence-electron chi connectivity index (χ1n) is 7.34. The normalized spacial score (nSPS) is 13.9. The maximum absolute atomic E-state index is 12.1. The third-order valence-corrected chi connectivity index (χ3v) is 3.43. The lowest BCUT2D eigenvalue weighted by Gasteiger charge is -2.22. The lowest BCUT2D eigenvalue weighted by atomic mass is 10.1. The number of rotatable bonds is 11. The van der Waals surface area contributed by atoms with E-state index in [1.54, 1.807) is 0 Å². The summed E-state index contributed by atoms with van der Waals surface area (Å²) >= 11 is 3.94. The van der Waals surface area contributed by atoms with Crippen molar-refractivity contribution >= 4 is 42.2 Å². The lowest BCUT2D eigenvalue weighted by molar-refractivity contribution is -0.142. The molecule has 3 unspecified atom stereocenters. The number of carboxylic acids is 1. The Morgan fingerprint density at radius 3 is 2.04 bits per heavy atom. The van der Waals surface area contributed by atoms with E-state index in [4.69, 9.17) is 16.6 Å². The molecule has 0 aliphatic rings. The summed E-state index contributed by atoms with van der Waals surface area (Å²) in [4.78, 5) is 57.1. The van der Waals surface area contributed by atoms with E-state index in [0.29, 0.717) is 0 Å². The molecule has 0 saturated carbocycles. The van der Waals surface area contributed by atoms with E-state index in [0.717, 1.165) is 0 Å². The minimum Gasteiger partial charge on any atom is -0.480 e. The van der Waals surface area contributed by atoms with Gasteiger partial charge in [-0.2, -0.15) is 12.6 Å². The van der Waals surface area contributed by atoms with Crippen LogP contribution in [0.15, 0.2) is 0 Å². The Balaban J connectivity index is 4.77. The van der Waals surface area contributed by atoms with Crippen molar-refractivity contribution in [3.63, 3.8) is 0 Å². The van der Waals surface area contributed by atoms with Crippen LogP contribution in [-0.4, -0.2) is 65.1 Å². The van der Waals surface area contributed by atoms with Gasteiger partial charge in [-0.15, -0.1) is 0 Å². The Hall–Kier alpha value is -2.34. The maximum Gasteiger partial charge on any atom is 0.326 e. The number of primary amides is 1. The number of aliphatic carboxylic acids is 1. The molecule has 0 fully saturated rings. The first kappa shape index (κ1) is 22.7. The predicted molar refractivity (Wildman–Crippen MR) is 90.4 cm³/mol. The molecule has 0 rings (SSSR count). The van der Waals surface area contributed by atoms with Gasteiger partial charge in [-0.25, -0.2) is 4.79 Å². The van der Waals surface area contributed by atoms with Crippen molar-refractivity contribution in [2.45, 2.75) is 37.9 Å². The Morgan fingerprint density at radius 2 is 1.60 bits per heavy atom. The molecule has 0 aromatic rings. The highest BCUT2D eigenvalue weighted by Gasteiger charge is 2.27. The first-order chi connectivity index (χ1) is 11.6. The Kier molecular flexibility index (Phi) is 10.2. The summed E-state index contributed by atoms with van der Waals surface area (Å²) in [6, 6.07) is -3.42. The summed E-state index contributed by atoms with van der Waals surface area (Å²) in [5, 5.41) is 15.9. The quantitative estimate of drug-likeness (QED) is 0.183. The van der Waals surface area contributed by atoms with Gasteiger partial charge in [0.2, 0.25) is 23.6 Å². The second-order valence-corrected chi connectivity index (χ2v) is 5.51. The second-order valence-electron chi connectivity index (χ2n) is 5.14. The highest BCUT2D eigenvalue weighted by Crippen LogP contribution is 2.00. The summed E-state index contributed by atoms with van der Waals surface area (Å²) in [5.74, 6) is -4.17. The zero-order chi connectivity index (χ0) is 19.6. The number of nitrogens with two attached hydrogens (primary N) is 2. The van der Waals surface area contributed by atoms with E-state index >= 15 is 0 Å². The van der Waals surface area contributed by atoms with Gasteiger partial charge < -0.3 is 32.5 Å². The van der Waals surface area contributed by atoms with Crippen LogP contribution in [0.4, 0.5) is 0 Å². The van der Waals surface area contributed by atoms with Crippen LogP contribution < -0.4 is 27.4 Å². The van der Waals surface area contributed by atoms with E-state index in [1.807, 2.05) is 0 Å². The van der Waals surface area contributed by atoms with Gasteiger partial charge in [0.25, 0.3) is 0 Å². The fourth-order valence-corrected chi connectivity index (χ4v) is 1.93. The van der Waals surface area contributed by atoms with Crippen molar-refractivity contribution in [3.8, 4) is 0 Å². The molecule has 4 amide bonds. The molecule has 3 atom stereocenters. The zero-order valence-corrected chi connectivity index (χ0v) is 14.5. The zero-order valence-electron chi connectivity index (χ0n) is 13.7. The topological polar surface area (TPSA) is 194 Å². The molecule has 11 nitrogen and oxygen atoms in total. The van der Waals surface area contributed by atoms with Crippen LogP contribution in [-0.2, 0) is 24.0 Å². The van der Waals surface area contributed by atoms with Crippen LogP contribution in [0, 0.1) is 0 Å². The number of hydrogen-bond donors (Lipinski definition) is 7. The van der Waals surface area contributed by atoms with Crippen molar-refractivity contribution in [1.29, 1.82) is 0 Å². The van der Waals surface area contributed by atoms with Crippen LogP contribution in [0.3, 0.4) is 0 Å². The summed E-state index contributed by atoms with van der Waals surface area (Å²) in [5.41, 5.74) is 10.1. The van der Waals surface area contributed by atoms with Gasteiger partial charge in [0.1, 0.15) is 18.1 Å². The predicted octanol–water partition coefficient (Wildman–Crippen LogP) is -3.30. The molecule has 0 aromatic carbocycles. The Labute approximate surface area is 149 Å². The van der Waals surface area contributed by atoms with Crippen LogP contribution in [0.25, 0.3) is 0 Å². The largest absolute Gasteiger partial charge is 0.480 e. The maximum atomic E-state index is 12.1. The van der Waals surface area contributed by atoms with E-state index in [1.165, 1.54) is 6.92 Å². The molecule has 0 saturated heterocycles. The van der Waals surface area contributed by atoms with E-state index in [-0.39, 0.29) is 25.1 Å². The van der Waals surface area contributed by atoms with Crippen LogP contribution in [0.2, 0.25) is 0 Å². The van der Waals surface area contributed by atoms with Gasteiger partial charge in [-0.1, -0.05) is 0 Å². The number of hydrogen-bond acceptors (Lipinski definition) is 7. The fraction of sp³-hybridized carbons (Fsp3) is 0.615. The third-order valence-electron chi connectivity index (χ3n) is 3.07. The highest BCUT2D eigenvalue weighted by atomic mass is 32.1. The standard InChI is InChI=1S/C13H23N5O6S/c1-6(16-10(20)4-14)11(21)18-8(5-25)12(22)17-7(13(23)24)2-3-9(15)19/h6-8,25H,2-5,14H2,1H3,(H2,15,19)(H,16,20)(H,17,22)(H,18,21)(H,23,24). The molecule has 142 valence electrons. The molecule has 0 aromatic heterocycles. The number of carbonyl (C=O) groups excluding carboxylic acids is 4. The SMILES string of the molecule is CC(NC(=O)CN)C(=O)NC(CS)C(=O)NC(CCC(N)=O)C(=O)O. The van der Waals surface area contributed by atoms with Crippen molar-refractivity contribution < 1.29 is 29.1 Å². The summed E-state index contributed by atoms with van der Waals surface area (Å²) < 4.78 is 0. The fourth-order valence-electron chi connectivity index (χ4n) is 1.67. The minimum atomic E-state index is -1.34. The molecule has 0 bridgehead atoms. The Bertz CT molecular complexity index is 529. The number of carboxylic acid groups (broad SMARTS) is 1. The molecule has 0 heterocycles. The van der Waals surface area contributed by atoms with Crippen LogP contribution in [0.1, 0.15) is 19.8 Å². The number of amides is 4. The molecule has 8 N–H and O–H groups in total. The number of nitrogens with one attached hydrogen (secondary N) is 3. The molecule has 0 aliphatic carbocycles. The average Bonchev–Trinajstić information content (AvgIpc) is 2.54. The molecule has 25 heavy (non-hydrogen) atoms. The first-order valence-corrected chi connectivity index (χ1v) is 7.97. The number of thiol groups is 1. The van der Waals surface area contributed by atoms with Gasteiger partial charge in [0.15, 0.2) is 0 Å². The van der Waals surface area contributed by atoms with E-state index in [9.17, 15) is 24.0 Å². The van der Waals surface area contributed by atoms with Crippen molar-refractivity contribution in [3.05, 3.63) is 0 Å².